The maximum Gasteiger partial charge on any atom is 0.350 e. The smallest absolute Gasteiger partial charge is 0.350 e. The molecule has 0 atom stereocenters. The van der Waals surface area contributed by atoms with E-state index in [9.17, 15) is 4.79 Å². The van der Waals surface area contributed by atoms with Gasteiger partial charge in [0.25, 0.3) is 0 Å². The third kappa shape index (κ3) is 6.31. The van der Waals surface area contributed by atoms with Crippen molar-refractivity contribution in [2.45, 2.75) is 27.2 Å². The Labute approximate surface area is 131 Å². The Morgan fingerprint density at radius 3 is 2.59 bits per heavy atom. The first-order valence-electron chi connectivity index (χ1n) is 7.33. The lowest BCUT2D eigenvalue weighted by Crippen LogP contribution is -2.07. The zero-order valence-corrected chi connectivity index (χ0v) is 13.3. The molecule has 0 radical (unpaired) electrons. The van der Waals surface area contributed by atoms with Crippen LogP contribution in [0, 0.1) is 17.2 Å². The number of hydrogen-bond acceptors (Lipinski definition) is 5. The number of carbonyl (C=O) groups excluding carboxylic acids is 1. The van der Waals surface area contributed by atoms with Crippen LogP contribution in [0.15, 0.2) is 36.0 Å². The molecule has 0 fully saturated rings. The van der Waals surface area contributed by atoms with E-state index in [1.807, 2.05) is 24.3 Å². The fourth-order valence-electron chi connectivity index (χ4n) is 1.56. The van der Waals surface area contributed by atoms with Crippen LogP contribution in [-0.2, 0) is 9.53 Å². The third-order valence-electron chi connectivity index (χ3n) is 2.82. The molecule has 0 amide bonds. The summed E-state index contributed by atoms with van der Waals surface area (Å²) in [6.07, 6.45) is 2.35. The lowest BCUT2D eigenvalue weighted by molar-refractivity contribution is -0.138. The summed E-state index contributed by atoms with van der Waals surface area (Å²) in [6, 6.07) is 9.13. The van der Waals surface area contributed by atoms with Crippen LogP contribution in [0.3, 0.4) is 0 Å². The van der Waals surface area contributed by atoms with E-state index in [0.29, 0.717) is 12.5 Å². The SMILES string of the molecule is CCOC(=O)/C(C#N)=C\Nc1ccc(OCCC(C)C)cc1. The van der Waals surface area contributed by atoms with Gasteiger partial charge in [0.05, 0.1) is 13.2 Å². The Morgan fingerprint density at radius 2 is 2.05 bits per heavy atom. The van der Waals surface area contributed by atoms with E-state index in [1.54, 1.807) is 13.0 Å². The van der Waals surface area contributed by atoms with Gasteiger partial charge in [-0.1, -0.05) is 13.8 Å². The molecule has 0 saturated carbocycles. The Kier molecular flexibility index (Phi) is 7.55. The zero-order chi connectivity index (χ0) is 16.4. The second-order valence-electron chi connectivity index (χ2n) is 5.09. The summed E-state index contributed by atoms with van der Waals surface area (Å²) < 4.78 is 10.4. The Balaban J connectivity index is 2.56. The molecule has 118 valence electrons. The Hall–Kier alpha value is -2.48. The lowest BCUT2D eigenvalue weighted by atomic mass is 10.1. The Bertz CT molecular complexity index is 542. The van der Waals surface area contributed by atoms with Gasteiger partial charge in [0.2, 0.25) is 0 Å². The summed E-state index contributed by atoms with van der Waals surface area (Å²) in [5.74, 6) is 0.769. The van der Waals surface area contributed by atoms with Crippen molar-refractivity contribution in [3.05, 3.63) is 36.0 Å². The summed E-state index contributed by atoms with van der Waals surface area (Å²) >= 11 is 0. The van der Waals surface area contributed by atoms with Crippen molar-refractivity contribution in [2.24, 2.45) is 5.92 Å². The first kappa shape index (κ1) is 17.6. The van der Waals surface area contributed by atoms with Crippen LogP contribution in [0.5, 0.6) is 5.75 Å². The van der Waals surface area contributed by atoms with Crippen LogP contribution in [0.1, 0.15) is 27.2 Å². The van der Waals surface area contributed by atoms with Crippen molar-refractivity contribution in [3.8, 4) is 11.8 Å². The number of benzene rings is 1. The molecule has 0 aliphatic rings. The molecule has 1 N–H and O–H groups in total. The molecule has 0 aliphatic heterocycles. The van der Waals surface area contributed by atoms with Crippen molar-refractivity contribution in [2.75, 3.05) is 18.5 Å². The third-order valence-corrected chi connectivity index (χ3v) is 2.82. The van der Waals surface area contributed by atoms with E-state index in [4.69, 9.17) is 14.7 Å². The van der Waals surface area contributed by atoms with Gasteiger partial charge in [-0.25, -0.2) is 4.79 Å². The van der Waals surface area contributed by atoms with Crippen molar-refractivity contribution in [1.29, 1.82) is 5.26 Å². The van der Waals surface area contributed by atoms with Crippen LogP contribution in [0.25, 0.3) is 0 Å². The highest BCUT2D eigenvalue weighted by molar-refractivity contribution is 5.93. The summed E-state index contributed by atoms with van der Waals surface area (Å²) in [4.78, 5) is 11.4. The summed E-state index contributed by atoms with van der Waals surface area (Å²) in [6.45, 7) is 6.92. The predicted molar refractivity (Wildman–Crippen MR) is 85.3 cm³/mol. The Morgan fingerprint density at radius 1 is 1.36 bits per heavy atom. The standard InChI is InChI=1S/C17H22N2O3/c1-4-21-17(20)14(11-18)12-19-15-5-7-16(8-6-15)22-10-9-13(2)3/h5-8,12-13,19H,4,9-10H2,1-3H3/b14-12-. The minimum Gasteiger partial charge on any atom is -0.494 e. The normalized spacial score (nSPS) is 11.0. The topological polar surface area (TPSA) is 71.4 Å². The van der Waals surface area contributed by atoms with E-state index in [2.05, 4.69) is 19.2 Å². The first-order chi connectivity index (χ1) is 10.6. The van der Waals surface area contributed by atoms with Crippen molar-refractivity contribution >= 4 is 11.7 Å². The first-order valence-corrected chi connectivity index (χ1v) is 7.33. The molecule has 0 heterocycles. The highest BCUT2D eigenvalue weighted by atomic mass is 16.5. The van der Waals surface area contributed by atoms with Gasteiger partial charge in [0.1, 0.15) is 11.8 Å². The van der Waals surface area contributed by atoms with E-state index in [-0.39, 0.29) is 12.2 Å². The number of nitrogens with one attached hydrogen (secondary N) is 1. The van der Waals surface area contributed by atoms with E-state index < -0.39 is 5.97 Å². The van der Waals surface area contributed by atoms with Gasteiger partial charge in [-0.15, -0.1) is 0 Å². The predicted octanol–water partition coefficient (Wildman–Crippen LogP) is 3.49. The second-order valence-corrected chi connectivity index (χ2v) is 5.09. The summed E-state index contributed by atoms with van der Waals surface area (Å²) in [5, 5.41) is 11.8. The monoisotopic (exact) mass is 302 g/mol. The zero-order valence-electron chi connectivity index (χ0n) is 13.3. The fraction of sp³-hybridized carbons (Fsp3) is 0.412. The van der Waals surface area contributed by atoms with Gasteiger partial charge < -0.3 is 14.8 Å². The van der Waals surface area contributed by atoms with Gasteiger partial charge >= 0.3 is 5.97 Å². The molecule has 0 aliphatic carbocycles. The molecule has 22 heavy (non-hydrogen) atoms. The molecule has 5 heteroatoms. The molecular formula is C17H22N2O3. The summed E-state index contributed by atoms with van der Waals surface area (Å²) in [7, 11) is 0. The van der Waals surface area contributed by atoms with Crippen LogP contribution < -0.4 is 10.1 Å². The largest absolute Gasteiger partial charge is 0.494 e. The maximum absolute atomic E-state index is 11.4. The second kappa shape index (κ2) is 9.46. The molecule has 1 aromatic rings. The molecule has 0 bridgehead atoms. The number of anilines is 1. The molecule has 0 unspecified atom stereocenters. The average molecular weight is 302 g/mol. The van der Waals surface area contributed by atoms with Gasteiger partial charge in [0.15, 0.2) is 5.57 Å². The van der Waals surface area contributed by atoms with Gasteiger partial charge in [-0.3, -0.25) is 0 Å². The molecule has 0 aromatic heterocycles. The maximum atomic E-state index is 11.4. The van der Waals surface area contributed by atoms with Gasteiger partial charge in [0, 0.05) is 11.9 Å². The number of hydrogen-bond donors (Lipinski definition) is 1. The number of carbonyl (C=O) groups is 1. The number of esters is 1. The molecule has 1 aromatic carbocycles. The number of rotatable bonds is 8. The van der Waals surface area contributed by atoms with Crippen LogP contribution in [0.2, 0.25) is 0 Å². The van der Waals surface area contributed by atoms with Crippen LogP contribution in [0.4, 0.5) is 5.69 Å². The highest BCUT2D eigenvalue weighted by Gasteiger charge is 2.08. The van der Waals surface area contributed by atoms with E-state index in [0.717, 1.165) is 17.9 Å². The minimum absolute atomic E-state index is 0.0703. The molecule has 5 nitrogen and oxygen atoms in total. The van der Waals surface area contributed by atoms with Crippen molar-refractivity contribution in [1.82, 2.24) is 0 Å². The molecule has 0 saturated heterocycles. The number of nitriles is 1. The van der Waals surface area contributed by atoms with Crippen LogP contribution >= 0.6 is 0 Å². The number of nitrogens with zero attached hydrogens (tertiary/aromatic N) is 1. The lowest BCUT2D eigenvalue weighted by Gasteiger charge is -2.09. The molecular weight excluding hydrogens is 280 g/mol. The highest BCUT2D eigenvalue weighted by Crippen LogP contribution is 2.16. The number of ether oxygens (including phenoxy) is 2. The fourth-order valence-corrected chi connectivity index (χ4v) is 1.56. The van der Waals surface area contributed by atoms with Crippen LogP contribution in [-0.4, -0.2) is 19.2 Å². The van der Waals surface area contributed by atoms with Crippen molar-refractivity contribution in [3.63, 3.8) is 0 Å². The van der Waals surface area contributed by atoms with Crippen molar-refractivity contribution < 1.29 is 14.3 Å². The molecule has 0 spiro atoms. The summed E-state index contributed by atoms with van der Waals surface area (Å²) in [5.41, 5.74) is 0.687. The van der Waals surface area contributed by atoms with E-state index in [1.165, 1.54) is 6.20 Å². The van der Waals surface area contributed by atoms with E-state index >= 15 is 0 Å². The molecule has 1 rings (SSSR count). The van der Waals surface area contributed by atoms with Gasteiger partial charge in [-0.2, -0.15) is 5.26 Å². The minimum atomic E-state index is -0.633. The quantitative estimate of drug-likeness (QED) is 0.452. The average Bonchev–Trinajstić information content (AvgIpc) is 2.49. The van der Waals surface area contributed by atoms with Gasteiger partial charge in [-0.05, 0) is 43.5 Å².